The highest BCUT2D eigenvalue weighted by Crippen LogP contribution is 2.16. The zero-order chi connectivity index (χ0) is 9.84. The van der Waals surface area contributed by atoms with Crippen LogP contribution >= 0.6 is 0 Å². The molecule has 5 heteroatoms. The second-order valence-electron chi connectivity index (χ2n) is 3.33. The number of hydrogen-bond acceptors (Lipinski definition) is 3. The SMILES string of the molecule is CN=C(N)N1CCC(O)C(CO)C1. The van der Waals surface area contributed by atoms with E-state index in [4.69, 9.17) is 10.8 Å². The van der Waals surface area contributed by atoms with Crippen LogP contribution in [0.1, 0.15) is 6.42 Å². The molecule has 0 aromatic carbocycles. The van der Waals surface area contributed by atoms with Crippen LogP contribution in [-0.2, 0) is 0 Å². The second kappa shape index (κ2) is 4.43. The van der Waals surface area contributed by atoms with E-state index in [1.807, 2.05) is 4.90 Å². The van der Waals surface area contributed by atoms with E-state index in [1.54, 1.807) is 7.05 Å². The molecule has 4 N–H and O–H groups in total. The highest BCUT2D eigenvalue weighted by atomic mass is 16.3. The predicted octanol–water partition coefficient (Wildman–Crippen LogP) is -1.39. The van der Waals surface area contributed by atoms with Gasteiger partial charge in [-0.2, -0.15) is 0 Å². The van der Waals surface area contributed by atoms with Crippen molar-refractivity contribution in [1.82, 2.24) is 4.90 Å². The maximum Gasteiger partial charge on any atom is 0.190 e. The fourth-order valence-corrected chi connectivity index (χ4v) is 1.55. The number of aliphatic imine (C=N–C) groups is 1. The number of likely N-dealkylation sites (tertiary alicyclic amines) is 1. The van der Waals surface area contributed by atoms with Gasteiger partial charge < -0.3 is 20.8 Å². The van der Waals surface area contributed by atoms with Crippen molar-refractivity contribution >= 4 is 5.96 Å². The minimum absolute atomic E-state index is 0.00530. The van der Waals surface area contributed by atoms with Gasteiger partial charge in [0.25, 0.3) is 0 Å². The highest BCUT2D eigenvalue weighted by molar-refractivity contribution is 5.78. The van der Waals surface area contributed by atoms with Gasteiger partial charge in [-0.05, 0) is 6.42 Å². The summed E-state index contributed by atoms with van der Waals surface area (Å²) in [6.45, 7) is 1.29. The number of nitrogens with zero attached hydrogens (tertiary/aromatic N) is 2. The Balaban J connectivity index is 2.54. The summed E-state index contributed by atoms with van der Waals surface area (Å²) in [7, 11) is 1.63. The predicted molar refractivity (Wildman–Crippen MR) is 50.3 cm³/mol. The summed E-state index contributed by atoms with van der Waals surface area (Å²) in [5, 5.41) is 18.4. The first-order valence-corrected chi connectivity index (χ1v) is 4.45. The Morgan fingerprint density at radius 1 is 1.69 bits per heavy atom. The first-order valence-electron chi connectivity index (χ1n) is 4.45. The quantitative estimate of drug-likeness (QED) is 0.348. The molecule has 1 aliphatic heterocycles. The molecule has 0 saturated carbocycles. The molecule has 1 rings (SSSR count). The van der Waals surface area contributed by atoms with Crippen LogP contribution in [0, 0.1) is 5.92 Å². The topological polar surface area (TPSA) is 82.1 Å². The summed E-state index contributed by atoms with van der Waals surface area (Å²) in [6, 6.07) is 0. The summed E-state index contributed by atoms with van der Waals surface area (Å²) in [6.07, 6.45) is 0.229. The lowest BCUT2D eigenvalue weighted by Gasteiger charge is -2.35. The highest BCUT2D eigenvalue weighted by Gasteiger charge is 2.27. The van der Waals surface area contributed by atoms with E-state index in [0.717, 1.165) is 0 Å². The van der Waals surface area contributed by atoms with Crippen molar-refractivity contribution in [3.05, 3.63) is 0 Å². The van der Waals surface area contributed by atoms with Gasteiger partial charge in [-0.3, -0.25) is 4.99 Å². The summed E-state index contributed by atoms with van der Waals surface area (Å²) >= 11 is 0. The van der Waals surface area contributed by atoms with Crippen molar-refractivity contribution in [1.29, 1.82) is 0 Å². The summed E-state index contributed by atoms with van der Waals surface area (Å²) in [4.78, 5) is 5.75. The number of aliphatic hydroxyl groups is 2. The van der Waals surface area contributed by atoms with Gasteiger partial charge in [-0.1, -0.05) is 0 Å². The molecule has 13 heavy (non-hydrogen) atoms. The maximum absolute atomic E-state index is 9.47. The largest absolute Gasteiger partial charge is 0.396 e. The number of rotatable bonds is 1. The Morgan fingerprint density at radius 3 is 2.92 bits per heavy atom. The molecule has 0 bridgehead atoms. The minimum atomic E-state index is -0.411. The molecule has 0 radical (unpaired) electrons. The standard InChI is InChI=1S/C8H17N3O2/c1-10-8(9)11-3-2-7(13)6(4-11)5-12/h6-7,12-13H,2-5H2,1H3,(H2,9,10). The van der Waals surface area contributed by atoms with E-state index in [1.165, 1.54) is 0 Å². The smallest absolute Gasteiger partial charge is 0.190 e. The van der Waals surface area contributed by atoms with Crippen molar-refractivity contribution in [2.24, 2.45) is 16.6 Å². The van der Waals surface area contributed by atoms with E-state index < -0.39 is 6.10 Å². The molecular weight excluding hydrogens is 170 g/mol. The van der Waals surface area contributed by atoms with Crippen molar-refractivity contribution in [2.45, 2.75) is 12.5 Å². The molecule has 2 unspecified atom stereocenters. The minimum Gasteiger partial charge on any atom is -0.396 e. The first kappa shape index (κ1) is 10.3. The first-order chi connectivity index (χ1) is 6.19. The Labute approximate surface area is 77.9 Å². The van der Waals surface area contributed by atoms with Gasteiger partial charge in [0.15, 0.2) is 5.96 Å². The number of guanidine groups is 1. The molecule has 1 fully saturated rings. The Morgan fingerprint density at radius 2 is 2.38 bits per heavy atom. The molecule has 0 spiro atoms. The lowest BCUT2D eigenvalue weighted by molar-refractivity contribution is 0.0194. The molecule has 0 aromatic heterocycles. The van der Waals surface area contributed by atoms with Crippen molar-refractivity contribution in [2.75, 3.05) is 26.7 Å². The molecule has 5 nitrogen and oxygen atoms in total. The normalized spacial score (nSPS) is 30.7. The molecule has 0 aliphatic carbocycles. The van der Waals surface area contributed by atoms with Gasteiger partial charge in [0, 0.05) is 26.1 Å². The van der Waals surface area contributed by atoms with E-state index in [-0.39, 0.29) is 12.5 Å². The number of nitrogens with two attached hydrogens (primary N) is 1. The third-order valence-electron chi connectivity index (χ3n) is 2.48. The lowest BCUT2D eigenvalue weighted by atomic mass is 9.96. The van der Waals surface area contributed by atoms with Crippen molar-refractivity contribution < 1.29 is 10.2 Å². The fourth-order valence-electron chi connectivity index (χ4n) is 1.55. The molecule has 1 heterocycles. The molecule has 76 valence electrons. The zero-order valence-electron chi connectivity index (χ0n) is 7.85. The van der Waals surface area contributed by atoms with Gasteiger partial charge >= 0.3 is 0 Å². The second-order valence-corrected chi connectivity index (χ2v) is 3.33. The third kappa shape index (κ3) is 2.32. The number of piperidine rings is 1. The van der Waals surface area contributed by atoms with E-state index in [0.29, 0.717) is 25.5 Å². The van der Waals surface area contributed by atoms with Crippen LogP contribution in [-0.4, -0.2) is 53.9 Å². The van der Waals surface area contributed by atoms with E-state index >= 15 is 0 Å². The Hall–Kier alpha value is -0.810. The maximum atomic E-state index is 9.47. The van der Waals surface area contributed by atoms with E-state index in [2.05, 4.69) is 4.99 Å². The fraction of sp³-hybridized carbons (Fsp3) is 0.875. The summed E-state index contributed by atoms with van der Waals surface area (Å²) in [5.41, 5.74) is 5.62. The third-order valence-corrected chi connectivity index (χ3v) is 2.48. The monoisotopic (exact) mass is 187 g/mol. The summed E-state index contributed by atoms with van der Waals surface area (Å²) < 4.78 is 0. The van der Waals surface area contributed by atoms with Gasteiger partial charge in [0.05, 0.1) is 12.7 Å². The average Bonchev–Trinajstić information content (AvgIpc) is 2.17. The van der Waals surface area contributed by atoms with Crippen LogP contribution in [0.15, 0.2) is 4.99 Å². The summed E-state index contributed by atoms with van der Waals surface area (Å²) in [5.74, 6) is 0.374. The number of hydrogen-bond donors (Lipinski definition) is 3. The molecule has 2 atom stereocenters. The van der Waals surface area contributed by atoms with Crippen LogP contribution in [0.25, 0.3) is 0 Å². The van der Waals surface area contributed by atoms with Crippen molar-refractivity contribution in [3.8, 4) is 0 Å². The van der Waals surface area contributed by atoms with Crippen LogP contribution < -0.4 is 5.73 Å². The Bertz CT molecular complexity index is 196. The van der Waals surface area contributed by atoms with Gasteiger partial charge in [0.1, 0.15) is 0 Å². The Kier molecular flexibility index (Phi) is 3.50. The van der Waals surface area contributed by atoms with Crippen LogP contribution in [0.4, 0.5) is 0 Å². The molecule has 1 aliphatic rings. The van der Waals surface area contributed by atoms with E-state index in [9.17, 15) is 5.11 Å². The number of aliphatic hydroxyl groups excluding tert-OH is 2. The van der Waals surface area contributed by atoms with Gasteiger partial charge in [0.2, 0.25) is 0 Å². The molecule has 1 saturated heterocycles. The van der Waals surface area contributed by atoms with Crippen molar-refractivity contribution in [3.63, 3.8) is 0 Å². The molecule has 0 aromatic rings. The van der Waals surface area contributed by atoms with Crippen LogP contribution in [0.5, 0.6) is 0 Å². The van der Waals surface area contributed by atoms with Gasteiger partial charge in [-0.25, -0.2) is 0 Å². The van der Waals surface area contributed by atoms with Crippen LogP contribution in [0.3, 0.4) is 0 Å². The average molecular weight is 187 g/mol. The zero-order valence-corrected chi connectivity index (χ0v) is 7.85. The molecular formula is C8H17N3O2. The lowest BCUT2D eigenvalue weighted by Crippen LogP contribution is -2.49. The van der Waals surface area contributed by atoms with Gasteiger partial charge in [-0.15, -0.1) is 0 Å². The molecule has 0 amide bonds. The van der Waals surface area contributed by atoms with Crippen LogP contribution in [0.2, 0.25) is 0 Å².